The Labute approximate surface area is 198 Å². The Balaban J connectivity index is 0.00000245. The molecule has 166 valence electrons. The first-order chi connectivity index (χ1) is 15.1. The van der Waals surface area contributed by atoms with Gasteiger partial charge in [0.05, 0.1) is 17.1 Å². The van der Waals surface area contributed by atoms with Crippen LogP contribution in [-0.4, -0.2) is 28.2 Å². The van der Waals surface area contributed by atoms with Gasteiger partial charge in [0.15, 0.2) is 5.82 Å². The number of carbonyl (C=O) groups excluding carboxylic acids is 1. The fourth-order valence-electron chi connectivity index (χ4n) is 4.71. The normalized spacial score (nSPS) is 20.4. The molecule has 2 aromatic carbocycles. The molecule has 2 aliphatic rings. The highest BCUT2D eigenvalue weighted by Crippen LogP contribution is 2.34. The molecule has 1 amide bonds. The lowest BCUT2D eigenvalue weighted by molar-refractivity contribution is -0.123. The summed E-state index contributed by atoms with van der Waals surface area (Å²) >= 11 is 6.37. The largest absolute Gasteiger partial charge is 0.311 e. The topological polar surface area (TPSA) is 93.6 Å². The van der Waals surface area contributed by atoms with Gasteiger partial charge in [0.2, 0.25) is 5.91 Å². The maximum absolute atomic E-state index is 12.8. The predicted molar refractivity (Wildman–Crippen MR) is 129 cm³/mol. The molecule has 0 radical (unpaired) electrons. The van der Waals surface area contributed by atoms with E-state index in [-0.39, 0.29) is 24.2 Å². The van der Waals surface area contributed by atoms with Crippen LogP contribution >= 0.6 is 24.0 Å². The molecule has 0 saturated heterocycles. The van der Waals surface area contributed by atoms with Crippen LogP contribution in [0.3, 0.4) is 0 Å². The summed E-state index contributed by atoms with van der Waals surface area (Å²) in [5.41, 5.74) is 3.03. The van der Waals surface area contributed by atoms with Gasteiger partial charge in [0.1, 0.15) is 0 Å². The standard InChI is InChI=1S/C24H24ClN5O.ClH/c25-21-7-5-14(13-26)9-19(21)15-6-8-22-20(12-15)23(30-29-22)28-24(31)16-10-18(11-16)27-17-3-1-2-4-17;/h5-9,12,16-18,27H,1-4,10-11H2,(H2,28,29,30,31);1H. The van der Waals surface area contributed by atoms with E-state index in [0.717, 1.165) is 34.9 Å². The monoisotopic (exact) mass is 469 g/mol. The zero-order valence-electron chi connectivity index (χ0n) is 17.5. The number of H-pyrrole nitrogens is 1. The second-order valence-corrected chi connectivity index (χ2v) is 9.05. The molecule has 0 aliphatic heterocycles. The van der Waals surface area contributed by atoms with Crippen LogP contribution in [0.1, 0.15) is 44.1 Å². The van der Waals surface area contributed by atoms with Crippen LogP contribution in [0.2, 0.25) is 5.02 Å². The Morgan fingerprint density at radius 1 is 1.12 bits per heavy atom. The zero-order valence-corrected chi connectivity index (χ0v) is 19.1. The molecule has 0 atom stereocenters. The van der Waals surface area contributed by atoms with Crippen molar-refractivity contribution in [3.63, 3.8) is 0 Å². The molecule has 8 heteroatoms. The van der Waals surface area contributed by atoms with Crippen molar-refractivity contribution >= 4 is 46.6 Å². The van der Waals surface area contributed by atoms with Crippen molar-refractivity contribution in [1.82, 2.24) is 15.5 Å². The van der Waals surface area contributed by atoms with E-state index in [4.69, 9.17) is 11.6 Å². The highest BCUT2D eigenvalue weighted by molar-refractivity contribution is 6.33. The van der Waals surface area contributed by atoms with E-state index in [1.165, 1.54) is 25.7 Å². The van der Waals surface area contributed by atoms with Gasteiger partial charge < -0.3 is 10.6 Å². The predicted octanol–water partition coefficient (Wildman–Crippen LogP) is 5.43. The Hall–Kier alpha value is -2.59. The number of aromatic nitrogens is 2. The van der Waals surface area contributed by atoms with E-state index in [0.29, 0.717) is 28.5 Å². The van der Waals surface area contributed by atoms with E-state index in [2.05, 4.69) is 26.9 Å². The average molecular weight is 470 g/mol. The van der Waals surface area contributed by atoms with Crippen LogP contribution in [-0.2, 0) is 4.79 Å². The van der Waals surface area contributed by atoms with Crippen molar-refractivity contribution < 1.29 is 4.79 Å². The Morgan fingerprint density at radius 2 is 1.91 bits per heavy atom. The molecule has 32 heavy (non-hydrogen) atoms. The van der Waals surface area contributed by atoms with Crippen LogP contribution in [0.15, 0.2) is 36.4 Å². The number of amides is 1. The average Bonchev–Trinajstić information content (AvgIpc) is 3.40. The molecule has 0 bridgehead atoms. The number of hydrogen-bond acceptors (Lipinski definition) is 4. The Bertz CT molecular complexity index is 1170. The van der Waals surface area contributed by atoms with Gasteiger partial charge in [-0.25, -0.2) is 0 Å². The first kappa shape index (κ1) is 22.6. The number of carbonyl (C=O) groups is 1. The van der Waals surface area contributed by atoms with Crippen molar-refractivity contribution in [2.75, 3.05) is 5.32 Å². The second-order valence-electron chi connectivity index (χ2n) is 8.64. The number of fused-ring (bicyclic) bond motifs is 1. The highest BCUT2D eigenvalue weighted by Gasteiger charge is 2.36. The zero-order chi connectivity index (χ0) is 21.4. The molecule has 5 rings (SSSR count). The number of rotatable bonds is 5. The van der Waals surface area contributed by atoms with Crippen LogP contribution in [0.4, 0.5) is 5.82 Å². The van der Waals surface area contributed by atoms with Crippen LogP contribution in [0.25, 0.3) is 22.0 Å². The number of nitrogens with one attached hydrogen (secondary N) is 3. The third-order valence-corrected chi connectivity index (χ3v) is 6.88. The molecular weight excluding hydrogens is 445 g/mol. The maximum Gasteiger partial charge on any atom is 0.228 e. The van der Waals surface area contributed by atoms with Crippen LogP contribution in [0, 0.1) is 17.2 Å². The number of anilines is 1. The van der Waals surface area contributed by atoms with E-state index in [1.54, 1.807) is 18.2 Å². The fourth-order valence-corrected chi connectivity index (χ4v) is 4.93. The summed E-state index contributed by atoms with van der Waals surface area (Å²) in [4.78, 5) is 12.8. The van der Waals surface area contributed by atoms with Gasteiger partial charge in [0, 0.05) is 34.0 Å². The number of benzene rings is 2. The quantitative estimate of drug-likeness (QED) is 0.464. The SMILES string of the molecule is Cl.N#Cc1ccc(Cl)c(-c2ccc3[nH]nc(NC(=O)C4CC(NC5CCCC5)C4)c3c2)c1. The number of nitriles is 1. The number of halogens is 2. The summed E-state index contributed by atoms with van der Waals surface area (Å²) in [7, 11) is 0. The van der Waals surface area contributed by atoms with Crippen LogP contribution in [0.5, 0.6) is 0 Å². The van der Waals surface area contributed by atoms with Gasteiger partial charge in [-0.3, -0.25) is 9.89 Å². The van der Waals surface area contributed by atoms with Gasteiger partial charge in [-0.15, -0.1) is 12.4 Å². The number of aromatic amines is 1. The van der Waals surface area contributed by atoms with E-state index < -0.39 is 0 Å². The minimum absolute atomic E-state index is 0. The Kier molecular flexibility index (Phi) is 6.71. The van der Waals surface area contributed by atoms with Crippen molar-refractivity contribution in [3.05, 3.63) is 47.0 Å². The molecule has 3 N–H and O–H groups in total. The molecule has 2 aliphatic carbocycles. The third-order valence-electron chi connectivity index (χ3n) is 6.55. The third kappa shape index (κ3) is 4.47. The number of hydrogen-bond donors (Lipinski definition) is 3. The molecule has 6 nitrogen and oxygen atoms in total. The summed E-state index contributed by atoms with van der Waals surface area (Å²) in [5.74, 6) is 0.574. The van der Waals surface area contributed by atoms with Gasteiger partial charge in [-0.05, 0) is 61.6 Å². The van der Waals surface area contributed by atoms with Gasteiger partial charge in [0.25, 0.3) is 0 Å². The summed E-state index contributed by atoms with van der Waals surface area (Å²) in [6.07, 6.45) is 6.91. The van der Waals surface area contributed by atoms with E-state index in [1.807, 2.05) is 18.2 Å². The highest BCUT2D eigenvalue weighted by atomic mass is 35.5. The summed E-state index contributed by atoms with van der Waals surface area (Å²) in [5, 5.41) is 24.6. The van der Waals surface area contributed by atoms with Gasteiger partial charge in [-0.2, -0.15) is 10.4 Å². The second kappa shape index (κ2) is 9.50. The lowest BCUT2D eigenvalue weighted by atomic mass is 9.79. The van der Waals surface area contributed by atoms with Crippen LogP contribution < -0.4 is 10.6 Å². The minimum atomic E-state index is 0. The molecular formula is C24H25Cl2N5O. The lowest BCUT2D eigenvalue weighted by Crippen LogP contribution is -2.48. The van der Waals surface area contributed by atoms with Gasteiger partial charge in [-0.1, -0.05) is 30.5 Å². The molecule has 0 spiro atoms. The van der Waals surface area contributed by atoms with Crippen molar-refractivity contribution in [2.45, 2.75) is 50.6 Å². The number of nitrogens with zero attached hydrogens (tertiary/aromatic N) is 2. The minimum Gasteiger partial charge on any atom is -0.311 e. The molecule has 2 saturated carbocycles. The maximum atomic E-state index is 12.8. The molecule has 3 aromatic rings. The van der Waals surface area contributed by atoms with E-state index >= 15 is 0 Å². The summed E-state index contributed by atoms with van der Waals surface area (Å²) < 4.78 is 0. The van der Waals surface area contributed by atoms with E-state index in [9.17, 15) is 10.1 Å². The first-order valence-corrected chi connectivity index (χ1v) is 11.2. The van der Waals surface area contributed by atoms with Gasteiger partial charge >= 0.3 is 0 Å². The smallest absolute Gasteiger partial charge is 0.228 e. The fraction of sp³-hybridized carbons (Fsp3) is 0.375. The van der Waals surface area contributed by atoms with Crippen molar-refractivity contribution in [2.24, 2.45) is 5.92 Å². The molecule has 1 aromatic heterocycles. The molecule has 1 heterocycles. The van der Waals surface area contributed by atoms with Crippen molar-refractivity contribution in [3.8, 4) is 17.2 Å². The summed E-state index contributed by atoms with van der Waals surface area (Å²) in [6.45, 7) is 0. The van der Waals surface area contributed by atoms with Crippen molar-refractivity contribution in [1.29, 1.82) is 5.26 Å². The molecule has 0 unspecified atom stereocenters. The summed E-state index contributed by atoms with van der Waals surface area (Å²) in [6, 6.07) is 14.2. The molecule has 2 fully saturated rings. The lowest BCUT2D eigenvalue weighted by Gasteiger charge is -2.36. The first-order valence-electron chi connectivity index (χ1n) is 10.9. The Morgan fingerprint density at radius 3 is 2.66 bits per heavy atom.